The van der Waals surface area contributed by atoms with Crippen LogP contribution in [0.15, 0.2) is 12.1 Å². The predicted octanol–water partition coefficient (Wildman–Crippen LogP) is 2.61. The number of amides is 1. The van der Waals surface area contributed by atoms with Crippen molar-refractivity contribution in [1.29, 1.82) is 0 Å². The molecule has 1 saturated heterocycles. The Bertz CT molecular complexity index is 506. The number of piperidine rings is 1. The van der Waals surface area contributed by atoms with Gasteiger partial charge in [-0.15, -0.1) is 0 Å². The number of likely N-dealkylation sites (tertiary alicyclic amines) is 1. The van der Waals surface area contributed by atoms with Crippen LogP contribution in [-0.4, -0.2) is 41.6 Å². The molecule has 0 unspecified atom stereocenters. The van der Waals surface area contributed by atoms with E-state index in [0.29, 0.717) is 5.56 Å². The van der Waals surface area contributed by atoms with E-state index in [4.69, 9.17) is 0 Å². The first kappa shape index (κ1) is 15.8. The van der Waals surface area contributed by atoms with Gasteiger partial charge < -0.3 is 15.3 Å². The fourth-order valence-electron chi connectivity index (χ4n) is 2.86. The van der Waals surface area contributed by atoms with Crippen LogP contribution in [0.5, 0.6) is 5.75 Å². The number of nitrogens with zero attached hydrogens (tertiary/aromatic N) is 1. The van der Waals surface area contributed by atoms with E-state index in [1.165, 1.54) is 6.42 Å². The molecule has 0 radical (unpaired) electrons. The molecule has 1 aromatic carbocycles. The van der Waals surface area contributed by atoms with Crippen molar-refractivity contribution < 1.29 is 9.90 Å². The maximum Gasteiger partial charge on any atom is 0.255 e. The van der Waals surface area contributed by atoms with E-state index in [1.54, 1.807) is 6.07 Å². The molecule has 0 spiro atoms. The van der Waals surface area contributed by atoms with Crippen molar-refractivity contribution in [2.24, 2.45) is 0 Å². The highest BCUT2D eigenvalue weighted by Gasteiger charge is 2.22. The third-order valence-electron chi connectivity index (χ3n) is 4.41. The van der Waals surface area contributed by atoms with Crippen LogP contribution in [0.3, 0.4) is 0 Å². The largest absolute Gasteiger partial charge is 0.507 e. The van der Waals surface area contributed by atoms with Gasteiger partial charge in [-0.25, -0.2) is 0 Å². The Hall–Kier alpha value is -1.55. The highest BCUT2D eigenvalue weighted by Crippen LogP contribution is 2.25. The van der Waals surface area contributed by atoms with Gasteiger partial charge in [0.15, 0.2) is 0 Å². The lowest BCUT2D eigenvalue weighted by molar-refractivity contribution is 0.0908. The minimum Gasteiger partial charge on any atom is -0.507 e. The first-order valence-electron chi connectivity index (χ1n) is 7.85. The average molecular weight is 290 g/mol. The molecule has 0 atom stereocenters. The predicted molar refractivity (Wildman–Crippen MR) is 84.8 cm³/mol. The summed E-state index contributed by atoms with van der Waals surface area (Å²) >= 11 is 0. The van der Waals surface area contributed by atoms with E-state index in [1.807, 2.05) is 19.9 Å². The Morgan fingerprint density at radius 3 is 2.62 bits per heavy atom. The van der Waals surface area contributed by atoms with Crippen LogP contribution in [-0.2, 0) is 0 Å². The van der Waals surface area contributed by atoms with Crippen molar-refractivity contribution in [1.82, 2.24) is 10.2 Å². The molecule has 4 nitrogen and oxygen atoms in total. The number of benzene rings is 1. The van der Waals surface area contributed by atoms with Gasteiger partial charge in [0.1, 0.15) is 5.75 Å². The third kappa shape index (κ3) is 3.76. The smallest absolute Gasteiger partial charge is 0.255 e. The molecule has 1 aromatic rings. The van der Waals surface area contributed by atoms with Gasteiger partial charge in [0.2, 0.25) is 0 Å². The lowest BCUT2D eigenvalue weighted by atomic mass is 10.0. The molecular weight excluding hydrogens is 264 g/mol. The fourth-order valence-corrected chi connectivity index (χ4v) is 2.86. The molecule has 0 aliphatic carbocycles. The molecule has 1 fully saturated rings. The van der Waals surface area contributed by atoms with Crippen molar-refractivity contribution in [3.05, 3.63) is 28.8 Å². The molecule has 2 rings (SSSR count). The fraction of sp³-hybridized carbons (Fsp3) is 0.588. The van der Waals surface area contributed by atoms with Crippen LogP contribution in [0.2, 0.25) is 0 Å². The van der Waals surface area contributed by atoms with Crippen LogP contribution in [0.4, 0.5) is 0 Å². The van der Waals surface area contributed by atoms with Crippen LogP contribution in [0, 0.1) is 13.8 Å². The number of aryl methyl sites for hydroxylation is 1. The van der Waals surface area contributed by atoms with Gasteiger partial charge in [0, 0.05) is 19.1 Å². The van der Waals surface area contributed by atoms with Gasteiger partial charge in [-0.2, -0.15) is 0 Å². The highest BCUT2D eigenvalue weighted by molar-refractivity contribution is 5.97. The number of hydrogen-bond donors (Lipinski definition) is 2. The average Bonchev–Trinajstić information content (AvgIpc) is 2.47. The number of phenols is 1. The quantitative estimate of drug-likeness (QED) is 0.896. The molecule has 0 bridgehead atoms. The van der Waals surface area contributed by atoms with Gasteiger partial charge in [0.05, 0.1) is 5.56 Å². The number of carbonyl (C=O) groups excluding carboxylic acids is 1. The molecule has 1 heterocycles. The standard InChI is InChI=1S/C17H26N2O2/c1-4-9-19-10-7-14(8-11-19)18-17(21)15-6-5-12(2)13(3)16(15)20/h5-6,14,20H,4,7-11H2,1-3H3,(H,18,21). The Morgan fingerprint density at radius 2 is 2.00 bits per heavy atom. The first-order valence-corrected chi connectivity index (χ1v) is 7.85. The van der Waals surface area contributed by atoms with Crippen molar-refractivity contribution in [2.75, 3.05) is 19.6 Å². The molecule has 0 aromatic heterocycles. The van der Waals surface area contributed by atoms with Gasteiger partial charge in [-0.3, -0.25) is 4.79 Å². The summed E-state index contributed by atoms with van der Waals surface area (Å²) in [6.45, 7) is 9.18. The van der Waals surface area contributed by atoms with E-state index in [0.717, 1.165) is 43.6 Å². The second-order valence-corrected chi connectivity index (χ2v) is 5.99. The summed E-state index contributed by atoms with van der Waals surface area (Å²) in [5.74, 6) is -0.0551. The number of carbonyl (C=O) groups is 1. The zero-order valence-electron chi connectivity index (χ0n) is 13.3. The Kier molecular flexibility index (Phi) is 5.23. The van der Waals surface area contributed by atoms with Crippen LogP contribution in [0.1, 0.15) is 47.7 Å². The number of hydrogen-bond acceptors (Lipinski definition) is 3. The van der Waals surface area contributed by atoms with Crippen molar-refractivity contribution in [3.63, 3.8) is 0 Å². The lowest BCUT2D eigenvalue weighted by Gasteiger charge is -2.32. The summed E-state index contributed by atoms with van der Waals surface area (Å²) in [4.78, 5) is 14.8. The summed E-state index contributed by atoms with van der Waals surface area (Å²) in [6.07, 6.45) is 3.14. The van der Waals surface area contributed by atoms with E-state index < -0.39 is 0 Å². The molecule has 1 aliphatic heterocycles. The lowest BCUT2D eigenvalue weighted by Crippen LogP contribution is -2.44. The van der Waals surface area contributed by atoms with E-state index in [-0.39, 0.29) is 17.7 Å². The highest BCUT2D eigenvalue weighted by atomic mass is 16.3. The van der Waals surface area contributed by atoms with Gasteiger partial charge in [-0.1, -0.05) is 13.0 Å². The van der Waals surface area contributed by atoms with Crippen molar-refractivity contribution in [3.8, 4) is 5.75 Å². The van der Waals surface area contributed by atoms with E-state index >= 15 is 0 Å². The second kappa shape index (κ2) is 6.94. The van der Waals surface area contributed by atoms with Gasteiger partial charge >= 0.3 is 0 Å². The summed E-state index contributed by atoms with van der Waals surface area (Å²) in [5, 5.41) is 13.2. The zero-order valence-corrected chi connectivity index (χ0v) is 13.3. The molecule has 4 heteroatoms. The molecular formula is C17H26N2O2. The third-order valence-corrected chi connectivity index (χ3v) is 4.41. The van der Waals surface area contributed by atoms with E-state index in [2.05, 4.69) is 17.1 Å². The minimum absolute atomic E-state index is 0.107. The molecule has 21 heavy (non-hydrogen) atoms. The summed E-state index contributed by atoms with van der Waals surface area (Å²) in [5.41, 5.74) is 2.16. The molecule has 116 valence electrons. The van der Waals surface area contributed by atoms with Crippen molar-refractivity contribution >= 4 is 5.91 Å². The molecule has 1 amide bonds. The summed E-state index contributed by atoms with van der Waals surface area (Å²) in [6, 6.07) is 3.80. The van der Waals surface area contributed by atoms with Crippen molar-refractivity contribution in [2.45, 2.75) is 46.1 Å². The number of aromatic hydroxyl groups is 1. The normalized spacial score (nSPS) is 16.9. The topological polar surface area (TPSA) is 52.6 Å². The minimum atomic E-state index is -0.162. The SMILES string of the molecule is CCCN1CCC(NC(=O)c2ccc(C)c(C)c2O)CC1. The van der Waals surface area contributed by atoms with Gasteiger partial charge in [-0.05, 0) is 56.8 Å². The molecule has 1 aliphatic rings. The maximum atomic E-state index is 12.3. The maximum absolute atomic E-state index is 12.3. The first-order chi connectivity index (χ1) is 10.0. The summed E-state index contributed by atoms with van der Waals surface area (Å²) in [7, 11) is 0. The molecule has 2 N–H and O–H groups in total. The number of nitrogens with one attached hydrogen (secondary N) is 1. The summed E-state index contributed by atoms with van der Waals surface area (Å²) < 4.78 is 0. The Balaban J connectivity index is 1.95. The number of phenolic OH excluding ortho intramolecular Hbond substituents is 1. The monoisotopic (exact) mass is 290 g/mol. The van der Waals surface area contributed by atoms with Crippen LogP contribution < -0.4 is 5.32 Å². The second-order valence-electron chi connectivity index (χ2n) is 5.99. The van der Waals surface area contributed by atoms with Crippen LogP contribution in [0.25, 0.3) is 0 Å². The number of rotatable bonds is 4. The van der Waals surface area contributed by atoms with Crippen LogP contribution >= 0.6 is 0 Å². The Morgan fingerprint density at radius 1 is 1.33 bits per heavy atom. The Labute approximate surface area is 127 Å². The van der Waals surface area contributed by atoms with E-state index in [9.17, 15) is 9.90 Å². The molecule has 0 saturated carbocycles. The van der Waals surface area contributed by atoms with Gasteiger partial charge in [0.25, 0.3) is 5.91 Å². The zero-order chi connectivity index (χ0) is 15.4.